The average molecular weight is 258 g/mol. The molecule has 0 aliphatic heterocycles. The molecule has 1 rings (SSSR count). The Morgan fingerprint density at radius 1 is 1.47 bits per heavy atom. The van der Waals surface area contributed by atoms with Gasteiger partial charge in [-0.1, -0.05) is 11.6 Å². The summed E-state index contributed by atoms with van der Waals surface area (Å²) in [5.74, 6) is 0.126. The van der Waals surface area contributed by atoms with Crippen molar-refractivity contribution in [1.29, 1.82) is 0 Å². The van der Waals surface area contributed by atoms with Crippen molar-refractivity contribution in [2.75, 3.05) is 19.5 Å². The van der Waals surface area contributed by atoms with Gasteiger partial charge in [0.2, 0.25) is 0 Å². The summed E-state index contributed by atoms with van der Waals surface area (Å²) in [5.41, 5.74) is 5.44. The van der Waals surface area contributed by atoms with E-state index in [0.717, 1.165) is 0 Å². The maximum absolute atomic E-state index is 11.4. The molecule has 0 aliphatic rings. The van der Waals surface area contributed by atoms with E-state index in [9.17, 15) is 4.79 Å². The van der Waals surface area contributed by atoms with E-state index in [4.69, 9.17) is 22.1 Å². The lowest BCUT2D eigenvalue weighted by atomic mass is 9.95. The van der Waals surface area contributed by atoms with E-state index < -0.39 is 5.41 Å². The van der Waals surface area contributed by atoms with Crippen LogP contribution in [0.5, 0.6) is 5.75 Å². The van der Waals surface area contributed by atoms with Gasteiger partial charge < -0.3 is 15.2 Å². The van der Waals surface area contributed by atoms with Crippen molar-refractivity contribution in [2.45, 2.75) is 13.8 Å². The number of benzene rings is 1. The first-order valence-electron chi connectivity index (χ1n) is 5.13. The van der Waals surface area contributed by atoms with Gasteiger partial charge >= 0.3 is 5.97 Å². The summed E-state index contributed by atoms with van der Waals surface area (Å²) in [5, 5.41) is 0.458. The van der Waals surface area contributed by atoms with E-state index in [2.05, 4.69) is 4.74 Å². The molecular formula is C12H16ClNO3. The van der Waals surface area contributed by atoms with Gasteiger partial charge in [-0.25, -0.2) is 0 Å². The highest BCUT2D eigenvalue weighted by molar-refractivity contribution is 6.32. The first-order chi connectivity index (χ1) is 7.86. The van der Waals surface area contributed by atoms with Gasteiger partial charge in [0.1, 0.15) is 12.4 Å². The number of rotatable bonds is 4. The summed E-state index contributed by atoms with van der Waals surface area (Å²) in [6.45, 7) is 3.64. The zero-order valence-corrected chi connectivity index (χ0v) is 10.9. The fourth-order valence-corrected chi connectivity index (χ4v) is 1.40. The third kappa shape index (κ3) is 3.53. The maximum Gasteiger partial charge on any atom is 0.314 e. The second kappa shape index (κ2) is 5.27. The number of esters is 1. The van der Waals surface area contributed by atoms with Crippen LogP contribution < -0.4 is 10.5 Å². The standard InChI is InChI=1S/C12H16ClNO3/c1-12(2,11(15)16-3)7-17-10-6-8(14)4-5-9(10)13/h4-6H,7,14H2,1-3H3. The molecule has 17 heavy (non-hydrogen) atoms. The van der Waals surface area contributed by atoms with Crippen LogP contribution in [-0.2, 0) is 9.53 Å². The third-order valence-corrected chi connectivity index (χ3v) is 2.59. The highest BCUT2D eigenvalue weighted by Gasteiger charge is 2.30. The van der Waals surface area contributed by atoms with E-state index in [1.54, 1.807) is 32.0 Å². The van der Waals surface area contributed by atoms with Crippen molar-refractivity contribution in [1.82, 2.24) is 0 Å². The molecule has 0 fully saturated rings. The normalized spacial score (nSPS) is 11.1. The second-order valence-corrected chi connectivity index (χ2v) is 4.76. The lowest BCUT2D eigenvalue weighted by Gasteiger charge is -2.22. The number of methoxy groups -OCH3 is 1. The fourth-order valence-electron chi connectivity index (χ4n) is 1.22. The SMILES string of the molecule is COC(=O)C(C)(C)COc1cc(N)ccc1Cl. The van der Waals surface area contributed by atoms with E-state index >= 15 is 0 Å². The van der Waals surface area contributed by atoms with Gasteiger partial charge in [0.05, 0.1) is 17.5 Å². The van der Waals surface area contributed by atoms with Crippen molar-refractivity contribution in [3.05, 3.63) is 23.2 Å². The Morgan fingerprint density at radius 2 is 2.12 bits per heavy atom. The highest BCUT2D eigenvalue weighted by Crippen LogP contribution is 2.28. The van der Waals surface area contributed by atoms with Crippen molar-refractivity contribution in [3.63, 3.8) is 0 Å². The molecule has 0 unspecified atom stereocenters. The van der Waals surface area contributed by atoms with Gasteiger partial charge in [0.15, 0.2) is 0 Å². The molecule has 0 radical (unpaired) electrons. The summed E-state index contributed by atoms with van der Waals surface area (Å²) in [6.07, 6.45) is 0. The molecule has 2 N–H and O–H groups in total. The Bertz CT molecular complexity index is 418. The van der Waals surface area contributed by atoms with E-state index in [1.807, 2.05) is 0 Å². The Kier molecular flexibility index (Phi) is 4.23. The van der Waals surface area contributed by atoms with Crippen LogP contribution in [0.1, 0.15) is 13.8 Å². The van der Waals surface area contributed by atoms with E-state index in [1.165, 1.54) is 7.11 Å². The lowest BCUT2D eigenvalue weighted by Crippen LogP contribution is -2.32. The van der Waals surface area contributed by atoms with Gasteiger partial charge in [0.25, 0.3) is 0 Å². The van der Waals surface area contributed by atoms with Crippen LogP contribution in [0.15, 0.2) is 18.2 Å². The van der Waals surface area contributed by atoms with E-state index in [-0.39, 0.29) is 12.6 Å². The topological polar surface area (TPSA) is 61.5 Å². The zero-order valence-electron chi connectivity index (χ0n) is 10.1. The first kappa shape index (κ1) is 13.6. The molecule has 94 valence electrons. The molecule has 0 bridgehead atoms. The average Bonchev–Trinajstić information content (AvgIpc) is 2.29. The minimum atomic E-state index is -0.733. The molecule has 0 aliphatic carbocycles. The number of nitrogen functional groups attached to an aromatic ring is 1. The molecule has 0 spiro atoms. The van der Waals surface area contributed by atoms with Gasteiger partial charge in [-0.15, -0.1) is 0 Å². The Labute approximate surface area is 106 Å². The smallest absolute Gasteiger partial charge is 0.314 e. The summed E-state index contributed by atoms with van der Waals surface area (Å²) >= 11 is 5.94. The molecule has 0 aromatic heterocycles. The summed E-state index contributed by atoms with van der Waals surface area (Å²) < 4.78 is 10.2. The van der Waals surface area contributed by atoms with Gasteiger partial charge in [-0.2, -0.15) is 0 Å². The quantitative estimate of drug-likeness (QED) is 0.665. The van der Waals surface area contributed by atoms with E-state index in [0.29, 0.717) is 16.5 Å². The molecule has 0 saturated heterocycles. The minimum absolute atomic E-state index is 0.169. The van der Waals surface area contributed by atoms with Crippen LogP contribution >= 0.6 is 11.6 Å². The first-order valence-corrected chi connectivity index (χ1v) is 5.51. The highest BCUT2D eigenvalue weighted by atomic mass is 35.5. The van der Waals surface area contributed by atoms with Crippen LogP contribution in [0.4, 0.5) is 5.69 Å². The van der Waals surface area contributed by atoms with Crippen LogP contribution in [-0.4, -0.2) is 19.7 Å². The molecule has 0 saturated carbocycles. The van der Waals surface area contributed by atoms with Crippen molar-refractivity contribution in [3.8, 4) is 5.75 Å². The van der Waals surface area contributed by atoms with Crippen LogP contribution in [0.3, 0.4) is 0 Å². The third-order valence-electron chi connectivity index (χ3n) is 2.28. The molecule has 1 aromatic carbocycles. The summed E-state index contributed by atoms with van der Waals surface area (Å²) in [7, 11) is 1.34. The Morgan fingerprint density at radius 3 is 2.71 bits per heavy atom. The van der Waals surface area contributed by atoms with Gasteiger partial charge in [0, 0.05) is 11.8 Å². The number of hydrogen-bond donors (Lipinski definition) is 1. The van der Waals surface area contributed by atoms with Crippen molar-refractivity contribution < 1.29 is 14.3 Å². The number of hydrogen-bond acceptors (Lipinski definition) is 4. The monoisotopic (exact) mass is 257 g/mol. The Hall–Kier alpha value is -1.42. The minimum Gasteiger partial charge on any atom is -0.491 e. The molecule has 4 nitrogen and oxygen atoms in total. The predicted octanol–water partition coefficient (Wildman–Crippen LogP) is 2.50. The molecule has 0 atom stereocenters. The number of anilines is 1. The summed E-state index contributed by atoms with van der Waals surface area (Å²) in [4.78, 5) is 11.4. The molecule has 0 heterocycles. The number of carbonyl (C=O) groups excluding carboxylic acids is 1. The Balaban J connectivity index is 2.73. The van der Waals surface area contributed by atoms with Crippen molar-refractivity contribution >= 4 is 23.3 Å². The molecule has 1 aromatic rings. The molecular weight excluding hydrogens is 242 g/mol. The second-order valence-electron chi connectivity index (χ2n) is 4.35. The number of carbonyl (C=O) groups is 1. The van der Waals surface area contributed by atoms with Crippen LogP contribution in [0.2, 0.25) is 5.02 Å². The lowest BCUT2D eigenvalue weighted by molar-refractivity contribution is -0.152. The maximum atomic E-state index is 11.4. The van der Waals surface area contributed by atoms with Gasteiger partial charge in [-0.3, -0.25) is 4.79 Å². The fraction of sp³-hybridized carbons (Fsp3) is 0.417. The zero-order chi connectivity index (χ0) is 13.1. The van der Waals surface area contributed by atoms with Crippen LogP contribution in [0.25, 0.3) is 0 Å². The summed E-state index contributed by atoms with van der Waals surface area (Å²) in [6, 6.07) is 4.95. The largest absolute Gasteiger partial charge is 0.491 e. The van der Waals surface area contributed by atoms with Crippen molar-refractivity contribution in [2.24, 2.45) is 5.41 Å². The predicted molar refractivity (Wildman–Crippen MR) is 67.2 cm³/mol. The number of ether oxygens (including phenoxy) is 2. The molecule has 0 amide bonds. The van der Waals surface area contributed by atoms with Gasteiger partial charge in [-0.05, 0) is 26.0 Å². The molecule has 5 heteroatoms. The number of halogens is 1. The number of nitrogens with two attached hydrogens (primary N) is 1. The van der Waals surface area contributed by atoms with Crippen LogP contribution in [0, 0.1) is 5.41 Å².